The maximum Gasteiger partial charge on any atom is 0.319 e. The molecule has 6 nitrogen and oxygen atoms in total. The van der Waals surface area contributed by atoms with Gasteiger partial charge >= 0.3 is 6.01 Å². The zero-order valence-electron chi connectivity index (χ0n) is 10.9. The highest BCUT2D eigenvalue weighted by Gasteiger charge is 2.14. The molecule has 1 N–H and O–H groups in total. The van der Waals surface area contributed by atoms with Gasteiger partial charge in [-0.15, -0.1) is 0 Å². The van der Waals surface area contributed by atoms with E-state index in [-0.39, 0.29) is 17.8 Å². The van der Waals surface area contributed by atoms with E-state index in [9.17, 15) is 4.79 Å². The van der Waals surface area contributed by atoms with Gasteiger partial charge in [0.15, 0.2) is 0 Å². The number of nitrogens with one attached hydrogen (secondary N) is 1. The van der Waals surface area contributed by atoms with Crippen LogP contribution in [0.3, 0.4) is 0 Å². The van der Waals surface area contributed by atoms with Gasteiger partial charge in [-0.25, -0.2) is 4.98 Å². The normalized spacial score (nSPS) is 9.95. The van der Waals surface area contributed by atoms with Crippen LogP contribution in [-0.2, 0) is 0 Å². The number of carbonyl (C=O) groups excluding carboxylic acids is 1. The van der Waals surface area contributed by atoms with Crippen molar-refractivity contribution in [2.24, 2.45) is 0 Å². The highest BCUT2D eigenvalue weighted by atomic mass is 79.9. The monoisotopic (exact) mass is 337 g/mol. The van der Waals surface area contributed by atoms with Gasteiger partial charge in [0.05, 0.1) is 26.0 Å². The number of benzene rings is 1. The van der Waals surface area contributed by atoms with E-state index in [4.69, 9.17) is 9.47 Å². The van der Waals surface area contributed by atoms with Crippen molar-refractivity contribution in [1.82, 2.24) is 9.97 Å². The van der Waals surface area contributed by atoms with Crippen LogP contribution in [0.15, 0.2) is 34.9 Å². The highest BCUT2D eigenvalue weighted by molar-refractivity contribution is 9.10. The third kappa shape index (κ3) is 3.05. The summed E-state index contributed by atoms with van der Waals surface area (Å²) in [5.41, 5.74) is 0.874. The van der Waals surface area contributed by atoms with Crippen molar-refractivity contribution in [2.45, 2.75) is 0 Å². The maximum absolute atomic E-state index is 12.2. The summed E-state index contributed by atoms with van der Waals surface area (Å²) < 4.78 is 10.7. The van der Waals surface area contributed by atoms with Gasteiger partial charge in [-0.3, -0.25) is 4.79 Å². The number of anilines is 1. The van der Waals surface area contributed by atoms with Crippen LogP contribution >= 0.6 is 15.9 Å². The molecule has 0 saturated heterocycles. The van der Waals surface area contributed by atoms with Crippen molar-refractivity contribution in [3.8, 4) is 11.9 Å². The molecule has 1 heterocycles. The smallest absolute Gasteiger partial charge is 0.319 e. The third-order valence-electron chi connectivity index (χ3n) is 2.47. The van der Waals surface area contributed by atoms with Crippen molar-refractivity contribution < 1.29 is 14.3 Å². The number of halogens is 1. The molecule has 0 aliphatic rings. The molecule has 0 fully saturated rings. The average Bonchev–Trinajstić information content (AvgIpc) is 2.48. The molecule has 0 spiro atoms. The molecule has 0 bridgehead atoms. The van der Waals surface area contributed by atoms with Crippen molar-refractivity contribution in [1.29, 1.82) is 0 Å². The fourth-order valence-corrected chi connectivity index (χ4v) is 1.99. The fraction of sp³-hybridized carbons (Fsp3) is 0.154. The third-order valence-corrected chi connectivity index (χ3v) is 3.17. The largest absolute Gasteiger partial charge is 0.479 e. The SMILES string of the molecule is COc1ncc(NC(=O)c2ccccc2Br)c(OC)n1. The van der Waals surface area contributed by atoms with E-state index in [0.717, 1.165) is 0 Å². The molecule has 0 atom stereocenters. The Bertz CT molecular complexity index is 634. The molecule has 1 aromatic carbocycles. The summed E-state index contributed by atoms with van der Waals surface area (Å²) in [5, 5.41) is 2.70. The maximum atomic E-state index is 12.2. The molecular weight excluding hydrogens is 326 g/mol. The van der Waals surface area contributed by atoms with Gasteiger partial charge in [-0.1, -0.05) is 12.1 Å². The van der Waals surface area contributed by atoms with Crippen LogP contribution in [0.25, 0.3) is 0 Å². The minimum absolute atomic E-state index is 0.167. The van der Waals surface area contributed by atoms with Gasteiger partial charge in [0.25, 0.3) is 5.91 Å². The molecule has 0 saturated carbocycles. The summed E-state index contributed by atoms with van der Waals surface area (Å²) >= 11 is 3.33. The lowest BCUT2D eigenvalue weighted by Crippen LogP contribution is -2.14. The van der Waals surface area contributed by atoms with E-state index < -0.39 is 0 Å². The fourth-order valence-electron chi connectivity index (χ4n) is 1.53. The van der Waals surface area contributed by atoms with Gasteiger partial charge in [-0.05, 0) is 28.1 Å². The Balaban J connectivity index is 2.26. The van der Waals surface area contributed by atoms with Crippen molar-refractivity contribution >= 4 is 27.5 Å². The Morgan fingerprint density at radius 2 is 2.00 bits per heavy atom. The molecule has 0 unspecified atom stereocenters. The quantitative estimate of drug-likeness (QED) is 0.927. The molecule has 0 aliphatic heterocycles. The first-order valence-corrected chi connectivity index (χ1v) is 6.46. The topological polar surface area (TPSA) is 73.3 Å². The summed E-state index contributed by atoms with van der Waals surface area (Å²) in [7, 11) is 2.91. The first kappa shape index (κ1) is 14.3. The second-order valence-electron chi connectivity index (χ2n) is 3.71. The van der Waals surface area contributed by atoms with Gasteiger partial charge in [0.2, 0.25) is 5.88 Å². The average molecular weight is 338 g/mol. The van der Waals surface area contributed by atoms with Crippen LogP contribution in [0, 0.1) is 0 Å². The van der Waals surface area contributed by atoms with Crippen LogP contribution < -0.4 is 14.8 Å². The molecule has 7 heteroatoms. The standard InChI is InChI=1S/C13H12BrN3O3/c1-19-12-10(7-15-13(17-12)20-2)16-11(18)8-5-3-4-6-9(8)14/h3-7H,1-2H3,(H,16,18). The highest BCUT2D eigenvalue weighted by Crippen LogP contribution is 2.24. The first-order chi connectivity index (χ1) is 9.65. The Labute approximate surface area is 124 Å². The Hall–Kier alpha value is -2.15. The van der Waals surface area contributed by atoms with Crippen molar-refractivity contribution in [3.63, 3.8) is 0 Å². The number of carbonyl (C=O) groups is 1. The minimum atomic E-state index is -0.287. The molecule has 2 rings (SSSR count). The van der Waals surface area contributed by atoms with Gasteiger partial charge in [-0.2, -0.15) is 4.98 Å². The predicted molar refractivity (Wildman–Crippen MR) is 77.2 cm³/mol. The molecule has 20 heavy (non-hydrogen) atoms. The van der Waals surface area contributed by atoms with E-state index in [1.807, 2.05) is 6.07 Å². The second-order valence-corrected chi connectivity index (χ2v) is 4.57. The van der Waals surface area contributed by atoms with Crippen molar-refractivity contribution in [3.05, 3.63) is 40.5 Å². The predicted octanol–water partition coefficient (Wildman–Crippen LogP) is 2.51. The number of hydrogen-bond donors (Lipinski definition) is 1. The summed E-state index contributed by atoms with van der Waals surface area (Å²) in [4.78, 5) is 20.1. The first-order valence-electron chi connectivity index (χ1n) is 5.66. The molecule has 2 aromatic rings. The minimum Gasteiger partial charge on any atom is -0.479 e. The summed E-state index contributed by atoms with van der Waals surface area (Å²) in [6.07, 6.45) is 1.43. The molecular formula is C13H12BrN3O3. The second kappa shape index (κ2) is 6.33. The van der Waals surface area contributed by atoms with E-state index in [2.05, 4.69) is 31.2 Å². The Morgan fingerprint density at radius 3 is 2.65 bits per heavy atom. The molecule has 1 aromatic heterocycles. The Morgan fingerprint density at radius 1 is 1.25 bits per heavy atom. The number of nitrogens with zero attached hydrogens (tertiary/aromatic N) is 2. The van der Waals surface area contributed by atoms with Crippen LogP contribution in [0.4, 0.5) is 5.69 Å². The molecule has 0 radical (unpaired) electrons. The van der Waals surface area contributed by atoms with E-state index in [0.29, 0.717) is 15.7 Å². The Kier molecular flexibility index (Phi) is 4.52. The zero-order valence-corrected chi connectivity index (χ0v) is 12.5. The van der Waals surface area contributed by atoms with Crippen LogP contribution in [0.5, 0.6) is 11.9 Å². The number of amides is 1. The van der Waals surface area contributed by atoms with Gasteiger partial charge < -0.3 is 14.8 Å². The number of aromatic nitrogens is 2. The molecule has 0 aliphatic carbocycles. The molecule has 104 valence electrons. The number of ether oxygens (including phenoxy) is 2. The van der Waals surface area contributed by atoms with Gasteiger partial charge in [0.1, 0.15) is 5.69 Å². The van der Waals surface area contributed by atoms with E-state index in [1.165, 1.54) is 20.4 Å². The van der Waals surface area contributed by atoms with Crippen LogP contribution in [-0.4, -0.2) is 30.1 Å². The van der Waals surface area contributed by atoms with Crippen LogP contribution in [0.2, 0.25) is 0 Å². The number of hydrogen-bond acceptors (Lipinski definition) is 5. The lowest BCUT2D eigenvalue weighted by molar-refractivity contribution is 0.102. The lowest BCUT2D eigenvalue weighted by Gasteiger charge is -2.10. The van der Waals surface area contributed by atoms with E-state index in [1.54, 1.807) is 18.2 Å². The van der Waals surface area contributed by atoms with Crippen molar-refractivity contribution in [2.75, 3.05) is 19.5 Å². The van der Waals surface area contributed by atoms with E-state index >= 15 is 0 Å². The number of methoxy groups -OCH3 is 2. The van der Waals surface area contributed by atoms with Gasteiger partial charge in [0, 0.05) is 4.47 Å². The summed E-state index contributed by atoms with van der Waals surface area (Å²) in [6.45, 7) is 0. The zero-order chi connectivity index (χ0) is 14.5. The lowest BCUT2D eigenvalue weighted by atomic mass is 10.2. The van der Waals surface area contributed by atoms with Crippen LogP contribution in [0.1, 0.15) is 10.4 Å². The number of rotatable bonds is 4. The summed E-state index contributed by atoms with van der Waals surface area (Å²) in [5.74, 6) is -0.0539. The summed E-state index contributed by atoms with van der Waals surface area (Å²) in [6, 6.07) is 7.27. The molecule has 1 amide bonds.